The van der Waals surface area contributed by atoms with Gasteiger partial charge in [0.15, 0.2) is 0 Å². The topological polar surface area (TPSA) is 12.9 Å². The molecule has 0 aliphatic heterocycles. The zero-order valence-electron chi connectivity index (χ0n) is 11.6. The van der Waals surface area contributed by atoms with Crippen LogP contribution in [0.25, 0.3) is 11.1 Å². The van der Waals surface area contributed by atoms with Crippen molar-refractivity contribution < 1.29 is 30.7 Å². The van der Waals surface area contributed by atoms with E-state index in [-0.39, 0.29) is 17.9 Å². The molecule has 0 aliphatic carbocycles. The van der Waals surface area contributed by atoms with E-state index in [1.54, 1.807) is 22.6 Å². The second kappa shape index (κ2) is 6.98. The van der Waals surface area contributed by atoms with Crippen molar-refractivity contribution >= 4 is 56.8 Å². The zero-order valence-corrected chi connectivity index (χ0v) is 16.7. The molecule has 0 unspecified atom stereocenters. The lowest BCUT2D eigenvalue weighted by atomic mass is 9.87. The third-order valence-electron chi connectivity index (χ3n) is 3.22. The monoisotopic (exact) mass is 609 g/mol. The molecule has 0 saturated heterocycles. The average Bonchev–Trinajstić information content (AvgIpc) is 2.44. The molecular weight excluding hydrogens is 604 g/mol. The Bertz CT molecular complexity index is 773. The average molecular weight is 609 g/mol. The summed E-state index contributed by atoms with van der Waals surface area (Å²) in [5.74, 6) is 0. The maximum absolute atomic E-state index is 14.6. The largest absolute Gasteiger partial charge is 0.435 e. The highest BCUT2D eigenvalue weighted by Gasteiger charge is 2.74. The number of pyridine rings is 1. The van der Waals surface area contributed by atoms with E-state index in [2.05, 4.69) is 4.98 Å². The first-order valence-corrected chi connectivity index (χ1v) is 8.76. The Morgan fingerprint density at radius 2 is 1.44 bits per heavy atom. The minimum absolute atomic E-state index is 0.0102. The van der Waals surface area contributed by atoms with Crippen LogP contribution in [0.5, 0.6) is 0 Å². The van der Waals surface area contributed by atoms with Crippen molar-refractivity contribution in [3.8, 4) is 11.1 Å². The summed E-state index contributed by atoms with van der Waals surface area (Å²) in [6.07, 6.45) is -11.4. The van der Waals surface area contributed by atoms with Crippen LogP contribution < -0.4 is 0 Å². The van der Waals surface area contributed by atoms with Crippen molar-refractivity contribution in [1.29, 1.82) is 0 Å². The molecule has 0 bridgehead atoms. The highest BCUT2D eigenvalue weighted by atomic mass is 127. The molecule has 1 heterocycles. The molecule has 1 nitrogen and oxygen atoms in total. The fourth-order valence-corrected chi connectivity index (χ4v) is 4.40. The van der Waals surface area contributed by atoms with E-state index in [4.69, 9.17) is 11.6 Å². The van der Waals surface area contributed by atoms with Crippen LogP contribution in [0.2, 0.25) is 5.15 Å². The molecule has 0 spiro atoms. The van der Waals surface area contributed by atoms with Crippen LogP contribution in [0, 0.1) is 7.14 Å². The molecule has 0 N–H and O–H groups in total. The van der Waals surface area contributed by atoms with Gasteiger partial charge in [-0.2, -0.15) is 26.3 Å². The Hall–Kier alpha value is -0.370. The van der Waals surface area contributed by atoms with Crippen LogP contribution in [0.15, 0.2) is 30.5 Å². The van der Waals surface area contributed by atoms with Gasteiger partial charge in [-0.05, 0) is 69.4 Å². The van der Waals surface area contributed by atoms with Crippen molar-refractivity contribution in [1.82, 2.24) is 4.98 Å². The molecule has 25 heavy (non-hydrogen) atoms. The minimum Gasteiger partial charge on any atom is -0.244 e. The first-order valence-electron chi connectivity index (χ1n) is 6.23. The summed E-state index contributed by atoms with van der Waals surface area (Å²) in [7, 11) is 0. The zero-order chi connectivity index (χ0) is 19.2. The quantitative estimate of drug-likeness (QED) is 0.205. The van der Waals surface area contributed by atoms with Crippen LogP contribution in [0.3, 0.4) is 0 Å². The molecule has 136 valence electrons. The molecule has 0 aliphatic rings. The molecule has 1 aromatic heterocycles. The standard InChI is InChI=1S/C14H5ClF7I2N/c15-10-2-1-6(5-25-10)11-8(3-7(23)4-9(11)24)12(16,13(17,18)19)14(20,21)22/h1-5H. The lowest BCUT2D eigenvalue weighted by Crippen LogP contribution is -2.50. The van der Waals surface area contributed by atoms with Crippen LogP contribution >= 0.6 is 56.8 Å². The molecule has 0 fully saturated rings. The lowest BCUT2D eigenvalue weighted by Gasteiger charge is -2.32. The molecule has 11 heteroatoms. The smallest absolute Gasteiger partial charge is 0.244 e. The van der Waals surface area contributed by atoms with E-state index >= 15 is 0 Å². The van der Waals surface area contributed by atoms with Crippen LogP contribution in [-0.2, 0) is 5.67 Å². The predicted octanol–water partition coefficient (Wildman–Crippen LogP) is 6.90. The normalized spacial score (nSPS) is 13.2. The molecule has 2 aromatic rings. The van der Waals surface area contributed by atoms with E-state index in [1.165, 1.54) is 40.8 Å². The van der Waals surface area contributed by atoms with Crippen LogP contribution in [-0.4, -0.2) is 17.3 Å². The number of halogens is 10. The number of hydrogen-bond donors (Lipinski definition) is 0. The lowest BCUT2D eigenvalue weighted by molar-refractivity contribution is -0.348. The number of aromatic nitrogens is 1. The van der Waals surface area contributed by atoms with E-state index < -0.39 is 29.1 Å². The first-order chi connectivity index (χ1) is 11.3. The van der Waals surface area contributed by atoms with Gasteiger partial charge in [0.05, 0.1) is 0 Å². The highest BCUT2D eigenvalue weighted by Crippen LogP contribution is 2.56. The number of hydrogen-bond acceptors (Lipinski definition) is 1. The van der Waals surface area contributed by atoms with Gasteiger partial charge in [-0.1, -0.05) is 11.6 Å². The van der Waals surface area contributed by atoms with Gasteiger partial charge in [-0.3, -0.25) is 0 Å². The van der Waals surface area contributed by atoms with Gasteiger partial charge in [0.2, 0.25) is 0 Å². The van der Waals surface area contributed by atoms with Crippen LogP contribution in [0.1, 0.15) is 5.56 Å². The van der Waals surface area contributed by atoms with Gasteiger partial charge < -0.3 is 0 Å². The Labute approximate surface area is 169 Å². The molecule has 1 aromatic carbocycles. The molecule has 0 radical (unpaired) electrons. The van der Waals surface area contributed by atoms with E-state index in [0.29, 0.717) is 6.07 Å². The van der Waals surface area contributed by atoms with Gasteiger partial charge in [-0.15, -0.1) is 0 Å². The third-order valence-corrected chi connectivity index (χ3v) is 4.92. The molecule has 0 amide bonds. The van der Waals surface area contributed by atoms with Crippen molar-refractivity contribution in [2.45, 2.75) is 18.0 Å². The molecule has 2 rings (SSSR count). The fraction of sp³-hybridized carbons (Fsp3) is 0.214. The summed E-state index contributed by atoms with van der Waals surface area (Å²) < 4.78 is 93.7. The predicted molar refractivity (Wildman–Crippen MR) is 95.0 cm³/mol. The van der Waals surface area contributed by atoms with E-state index in [1.807, 2.05) is 0 Å². The van der Waals surface area contributed by atoms with Gasteiger partial charge in [0.25, 0.3) is 0 Å². The molecule has 0 atom stereocenters. The van der Waals surface area contributed by atoms with Crippen molar-refractivity contribution in [2.75, 3.05) is 0 Å². The Balaban J connectivity index is 2.91. The second-order valence-corrected chi connectivity index (χ2v) is 7.63. The summed E-state index contributed by atoms with van der Waals surface area (Å²) in [5.41, 5.74) is -7.72. The van der Waals surface area contributed by atoms with E-state index in [0.717, 1.165) is 6.20 Å². The number of nitrogens with zero attached hydrogens (tertiary/aromatic N) is 1. The summed E-state index contributed by atoms with van der Waals surface area (Å²) in [5, 5.41) is -0.0102. The Morgan fingerprint density at radius 3 is 1.88 bits per heavy atom. The van der Waals surface area contributed by atoms with Gasteiger partial charge >= 0.3 is 18.0 Å². The first kappa shape index (κ1) is 20.9. The number of alkyl halides is 7. The van der Waals surface area contributed by atoms with E-state index in [9.17, 15) is 30.7 Å². The van der Waals surface area contributed by atoms with Gasteiger partial charge in [0.1, 0.15) is 5.15 Å². The van der Waals surface area contributed by atoms with Crippen molar-refractivity contribution in [3.05, 3.63) is 48.3 Å². The van der Waals surface area contributed by atoms with Gasteiger partial charge in [0, 0.05) is 30.0 Å². The molecule has 0 saturated carbocycles. The fourth-order valence-electron chi connectivity index (χ4n) is 2.13. The van der Waals surface area contributed by atoms with Crippen molar-refractivity contribution in [2.24, 2.45) is 0 Å². The maximum Gasteiger partial charge on any atom is 0.435 e. The summed E-state index contributed by atoms with van der Waals surface area (Å²) in [6, 6.07) is 4.24. The third kappa shape index (κ3) is 3.84. The minimum atomic E-state index is -6.20. The highest BCUT2D eigenvalue weighted by molar-refractivity contribution is 14.1. The molecular formula is C14H5ClF7I2N. The summed E-state index contributed by atoms with van der Waals surface area (Å²) in [4.78, 5) is 3.64. The number of benzene rings is 1. The maximum atomic E-state index is 14.6. The van der Waals surface area contributed by atoms with Gasteiger partial charge in [-0.25, -0.2) is 9.37 Å². The van der Waals surface area contributed by atoms with Crippen molar-refractivity contribution in [3.63, 3.8) is 0 Å². The second-order valence-electron chi connectivity index (χ2n) is 4.83. The van der Waals surface area contributed by atoms with Crippen LogP contribution in [0.4, 0.5) is 30.7 Å². The summed E-state index contributed by atoms with van der Waals surface area (Å²) >= 11 is 8.67. The Morgan fingerprint density at radius 1 is 0.880 bits per heavy atom. The Kier molecular flexibility index (Phi) is 5.85. The SMILES string of the molecule is FC(F)(F)C(F)(c1cc(I)cc(I)c1-c1ccc(Cl)nc1)C(F)(F)F. The summed E-state index contributed by atoms with van der Waals surface area (Å²) in [6.45, 7) is 0. The number of rotatable bonds is 2.